The summed E-state index contributed by atoms with van der Waals surface area (Å²) in [6.45, 7) is 0. The maximum atomic E-state index is 6.02. The van der Waals surface area contributed by atoms with Crippen LogP contribution in [0.5, 0.6) is 0 Å². The molecule has 0 radical (unpaired) electrons. The molecule has 1 heterocycles. The second-order valence-electron chi connectivity index (χ2n) is 8.68. The van der Waals surface area contributed by atoms with Crippen molar-refractivity contribution < 1.29 is 0 Å². The fraction of sp³-hybridized carbons (Fsp3) is 0.0645. The summed E-state index contributed by atoms with van der Waals surface area (Å²) >= 11 is 12.0. The van der Waals surface area contributed by atoms with Crippen molar-refractivity contribution in [2.45, 2.75) is 11.7 Å². The monoisotopic (exact) mass is 538 g/mol. The van der Waals surface area contributed by atoms with Crippen LogP contribution in [0.25, 0.3) is 5.57 Å². The van der Waals surface area contributed by atoms with E-state index in [1.165, 1.54) is 27.8 Å². The van der Waals surface area contributed by atoms with Crippen LogP contribution in [0, 0.1) is 0 Å². The molecule has 0 bridgehead atoms. The minimum absolute atomic E-state index is 0.428. The Hall–Kier alpha value is -3.31. The van der Waals surface area contributed by atoms with Crippen molar-refractivity contribution in [3.05, 3.63) is 166 Å². The fourth-order valence-electron chi connectivity index (χ4n) is 4.35. The van der Waals surface area contributed by atoms with Crippen LogP contribution in [0.3, 0.4) is 0 Å². The highest BCUT2D eigenvalue weighted by molar-refractivity contribution is 6.37. The molecule has 0 aliphatic rings. The molecule has 0 N–H and O–H groups in total. The summed E-state index contributed by atoms with van der Waals surface area (Å²) in [5, 5.41) is 1.55. The van der Waals surface area contributed by atoms with Crippen molar-refractivity contribution >= 4 is 46.1 Å². The second kappa shape index (κ2) is 13.8. The molecule has 4 aromatic carbocycles. The molecule has 0 aliphatic carbocycles. The van der Waals surface area contributed by atoms with Gasteiger partial charge in [-0.3, -0.25) is 0 Å². The van der Waals surface area contributed by atoms with Gasteiger partial charge in [0, 0.05) is 28.6 Å². The Morgan fingerprint density at radius 1 is 0.757 bits per heavy atom. The second-order valence-corrected chi connectivity index (χ2v) is 11.4. The predicted octanol–water partition coefficient (Wildman–Crippen LogP) is 6.81. The molecule has 0 unspecified atom stereocenters. The lowest BCUT2D eigenvalue weighted by Crippen LogP contribution is -2.15. The van der Waals surface area contributed by atoms with Crippen LogP contribution in [0.2, 0.25) is 10.0 Å². The van der Waals surface area contributed by atoms with Crippen LogP contribution >= 0.6 is 23.2 Å². The first kappa shape index (κ1) is 26.7. The lowest BCUT2D eigenvalue weighted by Gasteiger charge is -2.18. The van der Waals surface area contributed by atoms with E-state index in [1.54, 1.807) is 0 Å². The van der Waals surface area contributed by atoms with Crippen LogP contribution in [0.15, 0.2) is 134 Å². The molecule has 2 nitrogen and oxygen atoms in total. The zero-order chi connectivity index (χ0) is 25.9. The van der Waals surface area contributed by atoms with E-state index in [9.17, 15) is 0 Å². The van der Waals surface area contributed by atoms with Gasteiger partial charge in [0.2, 0.25) is 0 Å². The number of hydrogen-bond donors (Lipinski definition) is 0. The molecule has 5 aromatic rings. The van der Waals surface area contributed by atoms with E-state index in [1.807, 2.05) is 55.1 Å². The van der Waals surface area contributed by atoms with E-state index < -0.39 is 9.52 Å². The highest BCUT2D eigenvalue weighted by Gasteiger charge is 2.15. The van der Waals surface area contributed by atoms with Gasteiger partial charge in [-0.1, -0.05) is 108 Å². The quantitative estimate of drug-likeness (QED) is 0.208. The summed E-state index contributed by atoms with van der Waals surface area (Å²) in [6, 6.07) is 37.3. The molecular formula is C31H29BCl2N2Si. The highest BCUT2D eigenvalue weighted by atomic mass is 35.5. The first-order valence-electron chi connectivity index (χ1n) is 12.4. The number of hydrogen-bond acceptors (Lipinski definition) is 1. The summed E-state index contributed by atoms with van der Waals surface area (Å²) in [5.74, 6) is 2.16. The standard InChI is InChI=1S/C17H16Cl2N2Si.C14H13B/c18-15-5-1-13(2-6-15)17(14-3-7-16(19)8-4-14)22-12-21-10-9-20-11-21;15-11-14(12-7-3-1-4-8-12)13-9-5-2-6-10-13/h1-11,17H,12,22H2;1-11H,15H2. The molecule has 1 aromatic heterocycles. The van der Waals surface area contributed by atoms with Gasteiger partial charge >= 0.3 is 0 Å². The van der Waals surface area contributed by atoms with E-state index in [2.05, 4.69) is 96.2 Å². The SMILES string of the molecule is BC=C(c1ccccc1)c1ccccc1.Clc1ccc(C([SiH2]Cn2ccnc2)c2ccc(Cl)cc2)cc1. The van der Waals surface area contributed by atoms with Crippen LogP contribution in [0.1, 0.15) is 27.8 Å². The Bertz CT molecular complexity index is 1290. The molecule has 5 rings (SSSR count). The molecule has 0 saturated carbocycles. The van der Waals surface area contributed by atoms with E-state index in [4.69, 9.17) is 23.2 Å². The van der Waals surface area contributed by atoms with Gasteiger partial charge in [0.05, 0.1) is 15.8 Å². The fourth-order valence-corrected chi connectivity index (χ4v) is 6.63. The first-order valence-corrected chi connectivity index (χ1v) is 14.9. The zero-order valence-electron chi connectivity index (χ0n) is 20.8. The molecule has 0 aliphatic heterocycles. The third-order valence-corrected chi connectivity index (χ3v) is 9.04. The van der Waals surface area contributed by atoms with Gasteiger partial charge in [0.25, 0.3) is 0 Å². The maximum absolute atomic E-state index is 6.02. The van der Waals surface area contributed by atoms with Crippen molar-refractivity contribution in [1.29, 1.82) is 0 Å². The number of halogens is 2. The third-order valence-electron chi connectivity index (χ3n) is 6.24. The highest BCUT2D eigenvalue weighted by Crippen LogP contribution is 2.26. The summed E-state index contributed by atoms with van der Waals surface area (Å²) in [4.78, 5) is 4.12. The minimum Gasteiger partial charge on any atom is -0.341 e. The third kappa shape index (κ3) is 7.84. The average molecular weight is 539 g/mol. The van der Waals surface area contributed by atoms with Gasteiger partial charge < -0.3 is 4.57 Å². The summed E-state index contributed by atoms with van der Waals surface area (Å²) in [5.41, 5.74) is 6.91. The van der Waals surface area contributed by atoms with Gasteiger partial charge in [-0.15, -0.1) is 5.98 Å². The Balaban J connectivity index is 0.000000186. The summed E-state index contributed by atoms with van der Waals surface area (Å²) < 4.78 is 2.16. The van der Waals surface area contributed by atoms with Gasteiger partial charge in [0.15, 0.2) is 0 Å². The zero-order valence-corrected chi connectivity index (χ0v) is 23.8. The molecule has 0 fully saturated rings. The Kier molecular flexibility index (Phi) is 10.0. The number of imidazole rings is 1. The van der Waals surface area contributed by atoms with Crippen molar-refractivity contribution in [3.8, 4) is 0 Å². The van der Waals surface area contributed by atoms with Crippen molar-refractivity contribution in [1.82, 2.24) is 9.55 Å². The molecule has 0 amide bonds. The molecule has 37 heavy (non-hydrogen) atoms. The molecule has 184 valence electrons. The predicted molar refractivity (Wildman–Crippen MR) is 164 cm³/mol. The van der Waals surface area contributed by atoms with Gasteiger partial charge in [-0.05, 0) is 57.6 Å². The molecule has 0 atom stereocenters. The lowest BCUT2D eigenvalue weighted by atomic mass is 9.92. The molecule has 6 heteroatoms. The summed E-state index contributed by atoms with van der Waals surface area (Å²) in [6.07, 6.45) is 6.78. The maximum Gasteiger partial charge on any atom is 0.130 e. The van der Waals surface area contributed by atoms with Crippen molar-refractivity contribution in [3.63, 3.8) is 0 Å². The van der Waals surface area contributed by atoms with Crippen molar-refractivity contribution in [2.75, 3.05) is 0 Å². The Labute approximate surface area is 232 Å². The van der Waals surface area contributed by atoms with E-state index >= 15 is 0 Å². The average Bonchev–Trinajstić information content (AvgIpc) is 3.47. The Morgan fingerprint density at radius 3 is 1.65 bits per heavy atom. The molecular weight excluding hydrogens is 510 g/mol. The topological polar surface area (TPSA) is 17.8 Å². The largest absolute Gasteiger partial charge is 0.341 e. The van der Waals surface area contributed by atoms with Gasteiger partial charge in [-0.2, -0.15) is 0 Å². The number of nitrogens with zero attached hydrogens (tertiary/aromatic N) is 2. The van der Waals surface area contributed by atoms with Gasteiger partial charge in [0.1, 0.15) is 7.85 Å². The first-order chi connectivity index (χ1) is 18.1. The number of rotatable bonds is 7. The van der Waals surface area contributed by atoms with E-state index in [-0.39, 0.29) is 0 Å². The number of benzene rings is 4. The van der Waals surface area contributed by atoms with Crippen molar-refractivity contribution in [2.24, 2.45) is 0 Å². The summed E-state index contributed by atoms with van der Waals surface area (Å²) in [7, 11) is 1.65. The van der Waals surface area contributed by atoms with Crippen LogP contribution in [-0.2, 0) is 6.17 Å². The van der Waals surface area contributed by atoms with E-state index in [0.29, 0.717) is 5.54 Å². The van der Waals surface area contributed by atoms with Crippen LogP contribution in [-0.4, -0.2) is 26.9 Å². The minimum atomic E-state index is -0.428. The normalized spacial score (nSPS) is 10.8. The molecule has 0 spiro atoms. The van der Waals surface area contributed by atoms with E-state index in [0.717, 1.165) is 16.2 Å². The Morgan fingerprint density at radius 2 is 1.24 bits per heavy atom. The smallest absolute Gasteiger partial charge is 0.130 e. The van der Waals surface area contributed by atoms with Crippen LogP contribution < -0.4 is 0 Å². The molecule has 0 saturated heterocycles. The van der Waals surface area contributed by atoms with Gasteiger partial charge in [-0.25, -0.2) is 4.98 Å². The van der Waals surface area contributed by atoms with Crippen LogP contribution in [0.4, 0.5) is 0 Å². The lowest BCUT2D eigenvalue weighted by molar-refractivity contribution is 0.858. The number of aromatic nitrogens is 2.